The van der Waals surface area contributed by atoms with E-state index >= 15 is 0 Å². The fourth-order valence-electron chi connectivity index (χ4n) is 2.53. The van der Waals surface area contributed by atoms with Gasteiger partial charge in [-0.25, -0.2) is 4.39 Å². The van der Waals surface area contributed by atoms with E-state index in [0.29, 0.717) is 11.7 Å². The molecule has 2 atom stereocenters. The van der Waals surface area contributed by atoms with E-state index in [9.17, 15) is 4.39 Å². The average molecular weight is 331 g/mol. The quantitative estimate of drug-likeness (QED) is 0.620. The van der Waals surface area contributed by atoms with Crippen LogP contribution in [0.25, 0.3) is 0 Å². The lowest BCUT2D eigenvalue weighted by atomic mass is 9.99. The maximum Gasteiger partial charge on any atom is 0.129 e. The summed E-state index contributed by atoms with van der Waals surface area (Å²) in [5.74, 6) is 5.32. The fraction of sp³-hybridized carbons (Fsp3) is 0.571. The molecule has 0 aromatic heterocycles. The summed E-state index contributed by atoms with van der Waals surface area (Å²) in [7, 11) is 0. The third-order valence-electron chi connectivity index (χ3n) is 3.58. The lowest BCUT2D eigenvalue weighted by Gasteiger charge is -2.18. The largest absolute Gasteiger partial charge is 0.378 e. The van der Waals surface area contributed by atoms with E-state index in [1.54, 1.807) is 6.07 Å². The average Bonchev–Trinajstić information content (AvgIpc) is 2.89. The lowest BCUT2D eigenvalue weighted by Crippen LogP contribution is -2.29. The molecule has 3 nitrogen and oxygen atoms in total. The molecule has 1 saturated heterocycles. The summed E-state index contributed by atoms with van der Waals surface area (Å²) in [5.41, 5.74) is 3.33. The summed E-state index contributed by atoms with van der Waals surface area (Å²) in [4.78, 5) is 0. The Labute approximate surface area is 121 Å². The van der Waals surface area contributed by atoms with Gasteiger partial charge in [-0.1, -0.05) is 22.0 Å². The van der Waals surface area contributed by atoms with Crippen LogP contribution in [0.4, 0.5) is 4.39 Å². The van der Waals surface area contributed by atoms with Gasteiger partial charge < -0.3 is 4.74 Å². The van der Waals surface area contributed by atoms with Crippen molar-refractivity contribution in [1.29, 1.82) is 0 Å². The van der Waals surface area contributed by atoms with Gasteiger partial charge in [0, 0.05) is 22.7 Å². The topological polar surface area (TPSA) is 47.3 Å². The van der Waals surface area contributed by atoms with E-state index in [1.165, 1.54) is 6.07 Å². The zero-order chi connectivity index (χ0) is 13.7. The SMILES string of the molecule is NNC(CCCC1CCCO1)c1ccc(Br)cc1F. The first kappa shape index (κ1) is 14.9. The number of ether oxygens (including phenoxy) is 1. The van der Waals surface area contributed by atoms with E-state index in [1.807, 2.05) is 6.07 Å². The molecular formula is C14H20BrFN2O. The molecule has 1 aromatic carbocycles. The molecule has 106 valence electrons. The Hall–Kier alpha value is -0.490. The number of nitrogens with one attached hydrogen (secondary N) is 1. The fourth-order valence-corrected chi connectivity index (χ4v) is 2.87. The lowest BCUT2D eigenvalue weighted by molar-refractivity contribution is 0.101. The van der Waals surface area contributed by atoms with Crippen LogP contribution in [0.2, 0.25) is 0 Å². The molecule has 2 rings (SSSR count). The molecule has 1 fully saturated rings. The molecule has 1 aliphatic rings. The number of hydrogen-bond donors (Lipinski definition) is 2. The van der Waals surface area contributed by atoms with Crippen molar-refractivity contribution < 1.29 is 9.13 Å². The van der Waals surface area contributed by atoms with Crippen molar-refractivity contribution in [2.75, 3.05) is 6.61 Å². The van der Waals surface area contributed by atoms with Crippen LogP contribution in [0.3, 0.4) is 0 Å². The van der Waals surface area contributed by atoms with Gasteiger partial charge in [-0.15, -0.1) is 0 Å². The molecule has 0 radical (unpaired) electrons. The molecule has 0 bridgehead atoms. The van der Waals surface area contributed by atoms with Gasteiger partial charge in [-0.2, -0.15) is 0 Å². The number of hydrazine groups is 1. The Morgan fingerprint density at radius 2 is 2.37 bits per heavy atom. The molecule has 19 heavy (non-hydrogen) atoms. The maximum atomic E-state index is 13.9. The second-order valence-corrected chi connectivity index (χ2v) is 5.87. The Kier molecular flexibility index (Phi) is 5.76. The minimum absolute atomic E-state index is 0.144. The first-order valence-electron chi connectivity index (χ1n) is 6.73. The van der Waals surface area contributed by atoms with E-state index < -0.39 is 0 Å². The first-order chi connectivity index (χ1) is 9.20. The van der Waals surface area contributed by atoms with Crippen LogP contribution in [0, 0.1) is 5.82 Å². The summed E-state index contributed by atoms with van der Waals surface area (Å²) >= 11 is 3.26. The minimum Gasteiger partial charge on any atom is -0.378 e. The highest BCUT2D eigenvalue weighted by atomic mass is 79.9. The van der Waals surface area contributed by atoms with Crippen LogP contribution < -0.4 is 11.3 Å². The van der Waals surface area contributed by atoms with Crippen LogP contribution >= 0.6 is 15.9 Å². The monoisotopic (exact) mass is 330 g/mol. The van der Waals surface area contributed by atoms with Gasteiger partial charge in [0.2, 0.25) is 0 Å². The van der Waals surface area contributed by atoms with Gasteiger partial charge in [0.25, 0.3) is 0 Å². The van der Waals surface area contributed by atoms with E-state index in [-0.39, 0.29) is 11.9 Å². The van der Waals surface area contributed by atoms with Crippen LogP contribution in [0.5, 0.6) is 0 Å². The van der Waals surface area contributed by atoms with Gasteiger partial charge in [0.1, 0.15) is 5.82 Å². The molecule has 0 amide bonds. The van der Waals surface area contributed by atoms with Gasteiger partial charge in [0.05, 0.1) is 6.10 Å². The van der Waals surface area contributed by atoms with E-state index in [4.69, 9.17) is 10.6 Å². The Bertz CT molecular complexity index is 410. The number of benzene rings is 1. The molecule has 1 aliphatic heterocycles. The molecule has 3 N–H and O–H groups in total. The molecule has 0 aliphatic carbocycles. The van der Waals surface area contributed by atoms with Crippen molar-refractivity contribution in [3.05, 3.63) is 34.1 Å². The highest BCUT2D eigenvalue weighted by molar-refractivity contribution is 9.10. The number of nitrogens with two attached hydrogens (primary N) is 1. The zero-order valence-electron chi connectivity index (χ0n) is 10.9. The molecule has 2 unspecified atom stereocenters. The predicted molar refractivity (Wildman–Crippen MR) is 77.0 cm³/mol. The standard InChI is InChI=1S/C14H20BrFN2O/c15-10-6-7-12(13(16)9-10)14(18-17)5-1-3-11-4-2-8-19-11/h6-7,9,11,14,18H,1-5,8,17H2. The van der Waals surface area contributed by atoms with Crippen molar-refractivity contribution in [2.24, 2.45) is 5.84 Å². The molecule has 0 spiro atoms. The third kappa shape index (κ3) is 4.24. The van der Waals surface area contributed by atoms with Gasteiger partial charge in [0.15, 0.2) is 0 Å². The van der Waals surface area contributed by atoms with Crippen molar-refractivity contribution in [2.45, 2.75) is 44.2 Å². The van der Waals surface area contributed by atoms with Gasteiger partial charge >= 0.3 is 0 Å². The Balaban J connectivity index is 1.88. The second kappa shape index (κ2) is 7.33. The van der Waals surface area contributed by atoms with Crippen molar-refractivity contribution >= 4 is 15.9 Å². The minimum atomic E-state index is -0.227. The van der Waals surface area contributed by atoms with Crippen molar-refractivity contribution in [1.82, 2.24) is 5.43 Å². The zero-order valence-corrected chi connectivity index (χ0v) is 12.5. The summed E-state index contributed by atoms with van der Waals surface area (Å²) in [6.07, 6.45) is 5.51. The summed E-state index contributed by atoms with van der Waals surface area (Å²) < 4.78 is 20.2. The van der Waals surface area contributed by atoms with Crippen LogP contribution in [-0.2, 0) is 4.74 Å². The van der Waals surface area contributed by atoms with Crippen molar-refractivity contribution in [3.8, 4) is 0 Å². The molecular weight excluding hydrogens is 311 g/mol. The number of hydrogen-bond acceptors (Lipinski definition) is 3. The smallest absolute Gasteiger partial charge is 0.129 e. The van der Waals surface area contributed by atoms with Crippen LogP contribution in [-0.4, -0.2) is 12.7 Å². The van der Waals surface area contributed by atoms with E-state index in [2.05, 4.69) is 21.4 Å². The highest BCUT2D eigenvalue weighted by Crippen LogP contribution is 2.26. The summed E-state index contributed by atoms with van der Waals surface area (Å²) in [5, 5.41) is 0. The predicted octanol–water partition coefficient (Wildman–Crippen LogP) is 3.44. The summed E-state index contributed by atoms with van der Waals surface area (Å²) in [6, 6.07) is 4.94. The maximum absolute atomic E-state index is 13.9. The van der Waals surface area contributed by atoms with Crippen molar-refractivity contribution in [3.63, 3.8) is 0 Å². The Morgan fingerprint density at radius 1 is 1.53 bits per heavy atom. The van der Waals surface area contributed by atoms with Gasteiger partial charge in [-0.05, 0) is 44.2 Å². The molecule has 1 aromatic rings. The molecule has 0 saturated carbocycles. The van der Waals surface area contributed by atoms with E-state index in [0.717, 1.165) is 43.2 Å². The number of rotatable bonds is 6. The second-order valence-electron chi connectivity index (χ2n) is 4.95. The van der Waals surface area contributed by atoms with Gasteiger partial charge in [-0.3, -0.25) is 11.3 Å². The molecule has 1 heterocycles. The van der Waals surface area contributed by atoms with Crippen LogP contribution in [0.15, 0.2) is 22.7 Å². The normalized spacial score (nSPS) is 20.7. The third-order valence-corrected chi connectivity index (χ3v) is 4.08. The Morgan fingerprint density at radius 3 is 3.00 bits per heavy atom. The number of halogens is 2. The summed E-state index contributed by atoms with van der Waals surface area (Å²) in [6.45, 7) is 0.880. The highest BCUT2D eigenvalue weighted by Gasteiger charge is 2.18. The first-order valence-corrected chi connectivity index (χ1v) is 7.52. The molecule has 5 heteroatoms. The van der Waals surface area contributed by atoms with Crippen LogP contribution in [0.1, 0.15) is 43.7 Å².